The van der Waals surface area contributed by atoms with E-state index >= 15 is 0 Å². The predicted octanol–water partition coefficient (Wildman–Crippen LogP) is 1.86. The number of aromatic nitrogens is 1. The number of pyridine rings is 1. The van der Waals surface area contributed by atoms with Crippen LogP contribution in [0.4, 0.5) is 0 Å². The minimum Gasteiger partial charge on any atom is -0.460 e. The molecule has 1 aliphatic heterocycles. The van der Waals surface area contributed by atoms with E-state index in [9.17, 15) is 4.79 Å². The molecule has 0 spiro atoms. The van der Waals surface area contributed by atoms with Crippen molar-refractivity contribution in [1.82, 2.24) is 0 Å². The van der Waals surface area contributed by atoms with Crippen LogP contribution < -0.4 is 4.57 Å². The summed E-state index contributed by atoms with van der Waals surface area (Å²) in [4.78, 5) is 11.2. The second-order valence-electron chi connectivity index (χ2n) is 8.45. The van der Waals surface area contributed by atoms with E-state index in [1.54, 1.807) is 6.92 Å². The molecule has 2 rings (SSSR count). The van der Waals surface area contributed by atoms with Crippen LogP contribution in [0.15, 0.2) is 36.7 Å². The van der Waals surface area contributed by atoms with Crippen LogP contribution in [-0.4, -0.2) is 91.9 Å². The van der Waals surface area contributed by atoms with E-state index in [4.69, 9.17) is 37.9 Å². The number of carbonyl (C=O) groups excluding carboxylic acids is 1. The number of carbonyl (C=O) groups is 1. The molecular formula is C26H42NO9+. The minimum absolute atomic E-state index is 0.207. The average molecular weight is 513 g/mol. The fraction of sp³-hybridized carbons (Fsp3) is 0.692. The van der Waals surface area contributed by atoms with E-state index < -0.39 is 5.97 Å². The van der Waals surface area contributed by atoms with Crippen LogP contribution in [0.5, 0.6) is 0 Å². The van der Waals surface area contributed by atoms with Crippen molar-refractivity contribution in [2.24, 2.45) is 5.92 Å². The Morgan fingerprint density at radius 2 is 1.28 bits per heavy atom. The maximum absolute atomic E-state index is 11.2. The molecule has 0 N–H and O–H groups in total. The number of hydrogen-bond acceptors (Lipinski definition) is 9. The highest BCUT2D eigenvalue weighted by Gasteiger charge is 2.21. The maximum atomic E-state index is 11.2. The van der Waals surface area contributed by atoms with Crippen LogP contribution in [-0.2, 0) is 49.2 Å². The minimum atomic E-state index is -0.406. The Morgan fingerprint density at radius 3 is 1.75 bits per heavy atom. The van der Waals surface area contributed by atoms with Gasteiger partial charge in [-0.25, -0.2) is 9.36 Å². The van der Waals surface area contributed by atoms with Crippen LogP contribution in [0, 0.1) is 5.92 Å². The first-order chi connectivity index (χ1) is 17.6. The zero-order valence-electron chi connectivity index (χ0n) is 21.7. The molecule has 0 saturated carbocycles. The normalized spacial score (nSPS) is 17.7. The largest absolute Gasteiger partial charge is 0.460 e. The fourth-order valence-corrected chi connectivity index (χ4v) is 3.04. The molecule has 1 aromatic heterocycles. The third-order valence-electron chi connectivity index (χ3n) is 5.04. The summed E-state index contributed by atoms with van der Waals surface area (Å²) in [6.07, 6.45) is 3.76. The Labute approximate surface area is 214 Å². The Hall–Kier alpha value is -1.92. The molecule has 1 aliphatic rings. The lowest BCUT2D eigenvalue weighted by molar-refractivity contribution is -0.698. The van der Waals surface area contributed by atoms with Crippen molar-refractivity contribution in [3.05, 3.63) is 42.2 Å². The summed E-state index contributed by atoms with van der Waals surface area (Å²) in [5, 5.41) is 0. The van der Waals surface area contributed by atoms with Gasteiger partial charge in [0.05, 0.1) is 72.7 Å². The van der Waals surface area contributed by atoms with Crippen LogP contribution in [0.1, 0.15) is 25.7 Å². The Kier molecular flexibility index (Phi) is 16.2. The van der Waals surface area contributed by atoms with E-state index in [2.05, 4.69) is 18.1 Å². The number of ether oxygens (including phenoxy) is 8. The lowest BCUT2D eigenvalue weighted by Crippen LogP contribution is -2.35. The van der Waals surface area contributed by atoms with Gasteiger partial charge in [-0.05, 0) is 6.92 Å². The molecule has 36 heavy (non-hydrogen) atoms. The standard InChI is InChI=1S/C26H42NO9/c1-22(2)25(28)34-19-18-33-17-16-32-15-14-31-13-12-30-11-10-29-9-8-27-6-4-24(5-7-27)26-35-20-23(3)21-36-26/h4-7,23,26H,1,8-21H2,2-3H3/q+1. The second-order valence-corrected chi connectivity index (χ2v) is 8.45. The van der Waals surface area contributed by atoms with Gasteiger partial charge in [0.2, 0.25) is 0 Å². The molecule has 0 aromatic carbocycles. The smallest absolute Gasteiger partial charge is 0.333 e. The van der Waals surface area contributed by atoms with Gasteiger partial charge in [-0.1, -0.05) is 13.5 Å². The monoisotopic (exact) mass is 512 g/mol. The number of nitrogens with zero attached hydrogens (tertiary/aromatic N) is 1. The van der Waals surface area contributed by atoms with Crippen molar-refractivity contribution in [1.29, 1.82) is 0 Å². The molecule has 2 heterocycles. The molecule has 1 aromatic rings. The van der Waals surface area contributed by atoms with Gasteiger partial charge in [0.1, 0.15) is 13.2 Å². The van der Waals surface area contributed by atoms with Crippen LogP contribution in [0.25, 0.3) is 0 Å². The van der Waals surface area contributed by atoms with Gasteiger partial charge in [0.25, 0.3) is 0 Å². The fourth-order valence-electron chi connectivity index (χ4n) is 3.04. The molecule has 0 radical (unpaired) electrons. The topological polar surface area (TPSA) is 94.8 Å². The summed E-state index contributed by atoms with van der Waals surface area (Å²) in [5.41, 5.74) is 1.41. The second kappa shape index (κ2) is 19.2. The summed E-state index contributed by atoms with van der Waals surface area (Å²) in [5.74, 6) is 0.0380. The van der Waals surface area contributed by atoms with Crippen molar-refractivity contribution >= 4 is 5.97 Å². The van der Waals surface area contributed by atoms with Gasteiger partial charge in [-0.15, -0.1) is 0 Å². The summed E-state index contributed by atoms with van der Waals surface area (Å²) < 4.78 is 45.7. The van der Waals surface area contributed by atoms with Crippen molar-refractivity contribution in [2.45, 2.75) is 26.7 Å². The summed E-state index contributed by atoms with van der Waals surface area (Å²) in [6.45, 7) is 14.5. The third-order valence-corrected chi connectivity index (χ3v) is 5.04. The SMILES string of the molecule is C=C(C)C(=O)OCCOCCOCCOCCOCCOCC[n+]1ccc(C2OCC(C)CO2)cc1. The molecule has 10 nitrogen and oxygen atoms in total. The first-order valence-electron chi connectivity index (χ1n) is 12.5. The highest BCUT2D eigenvalue weighted by molar-refractivity contribution is 5.86. The quantitative estimate of drug-likeness (QED) is 0.112. The Bertz CT molecular complexity index is 721. The zero-order chi connectivity index (χ0) is 25.8. The third kappa shape index (κ3) is 14.0. The van der Waals surface area contributed by atoms with Gasteiger partial charge < -0.3 is 37.9 Å². The van der Waals surface area contributed by atoms with Gasteiger partial charge in [0, 0.05) is 29.2 Å². The van der Waals surface area contributed by atoms with Crippen molar-refractivity contribution in [3.8, 4) is 0 Å². The van der Waals surface area contributed by atoms with Crippen LogP contribution >= 0.6 is 0 Å². The molecular weight excluding hydrogens is 470 g/mol. The number of rotatable bonds is 20. The maximum Gasteiger partial charge on any atom is 0.333 e. The van der Waals surface area contributed by atoms with E-state index in [0.717, 1.165) is 25.3 Å². The number of hydrogen-bond donors (Lipinski definition) is 0. The van der Waals surface area contributed by atoms with E-state index in [1.165, 1.54) is 0 Å². The average Bonchev–Trinajstić information content (AvgIpc) is 2.88. The highest BCUT2D eigenvalue weighted by atomic mass is 16.7. The first kappa shape index (κ1) is 30.3. The van der Waals surface area contributed by atoms with Crippen LogP contribution in [0.2, 0.25) is 0 Å². The lowest BCUT2D eigenvalue weighted by Gasteiger charge is -2.27. The predicted molar refractivity (Wildman–Crippen MR) is 130 cm³/mol. The molecule has 204 valence electrons. The molecule has 0 bridgehead atoms. The van der Waals surface area contributed by atoms with E-state index in [0.29, 0.717) is 77.6 Å². The van der Waals surface area contributed by atoms with Crippen molar-refractivity contribution in [3.63, 3.8) is 0 Å². The molecule has 0 aliphatic carbocycles. The lowest BCUT2D eigenvalue weighted by atomic mass is 10.2. The van der Waals surface area contributed by atoms with Crippen molar-refractivity contribution < 1.29 is 47.3 Å². The first-order valence-corrected chi connectivity index (χ1v) is 12.5. The molecule has 0 unspecified atom stereocenters. The van der Waals surface area contributed by atoms with Gasteiger partial charge in [-0.3, -0.25) is 0 Å². The van der Waals surface area contributed by atoms with E-state index in [-0.39, 0.29) is 12.9 Å². The highest BCUT2D eigenvalue weighted by Crippen LogP contribution is 2.23. The summed E-state index contributed by atoms with van der Waals surface area (Å²) >= 11 is 0. The zero-order valence-corrected chi connectivity index (χ0v) is 21.7. The Balaban J connectivity index is 1.30. The Morgan fingerprint density at radius 1 is 0.833 bits per heavy atom. The van der Waals surface area contributed by atoms with Crippen molar-refractivity contribution in [2.75, 3.05) is 85.9 Å². The van der Waals surface area contributed by atoms with Gasteiger partial charge in [0.15, 0.2) is 25.2 Å². The molecule has 1 fully saturated rings. The molecule has 0 atom stereocenters. The summed E-state index contributed by atoms with van der Waals surface area (Å²) in [7, 11) is 0. The van der Waals surface area contributed by atoms with E-state index in [1.807, 2.05) is 24.5 Å². The van der Waals surface area contributed by atoms with Gasteiger partial charge >= 0.3 is 5.97 Å². The molecule has 0 amide bonds. The number of esters is 1. The molecule has 10 heteroatoms. The van der Waals surface area contributed by atoms with Gasteiger partial charge in [-0.2, -0.15) is 0 Å². The van der Waals surface area contributed by atoms with Crippen LogP contribution in [0.3, 0.4) is 0 Å². The summed E-state index contributed by atoms with van der Waals surface area (Å²) in [6, 6.07) is 4.05. The molecule has 1 saturated heterocycles.